The summed E-state index contributed by atoms with van der Waals surface area (Å²) in [6.45, 7) is 8.76. The van der Waals surface area contributed by atoms with Gasteiger partial charge in [-0.05, 0) is 51.8 Å². The number of likely N-dealkylation sites (tertiary alicyclic amines) is 1. The number of aliphatic imine (C=N–C) groups is 1. The van der Waals surface area contributed by atoms with Gasteiger partial charge in [0.25, 0.3) is 0 Å². The summed E-state index contributed by atoms with van der Waals surface area (Å²) >= 11 is 0. The third kappa shape index (κ3) is 9.46. The maximum atomic E-state index is 11.9. The van der Waals surface area contributed by atoms with E-state index >= 15 is 0 Å². The molecule has 7 nitrogen and oxygen atoms in total. The molecule has 1 aromatic heterocycles. The van der Waals surface area contributed by atoms with Gasteiger partial charge in [0.1, 0.15) is 12.3 Å². The molecule has 1 aromatic rings. The number of furan rings is 1. The molecule has 1 saturated heterocycles. The molecule has 0 radical (unpaired) electrons. The van der Waals surface area contributed by atoms with Gasteiger partial charge in [-0.15, -0.1) is 24.0 Å². The third-order valence-electron chi connectivity index (χ3n) is 4.62. The minimum atomic E-state index is -0.124. The normalized spacial score (nSPS) is 17.9. The SMILES string of the molecule is CCNC(=NCC(=O)NCc1ccco1)NCCCN1CCCCC1C.I. The van der Waals surface area contributed by atoms with Crippen LogP contribution in [0.15, 0.2) is 27.8 Å². The molecule has 1 aliphatic rings. The average Bonchev–Trinajstić information content (AvgIpc) is 3.16. The van der Waals surface area contributed by atoms with Gasteiger partial charge in [0.15, 0.2) is 5.96 Å². The van der Waals surface area contributed by atoms with Gasteiger partial charge < -0.3 is 25.3 Å². The molecule has 0 aromatic carbocycles. The van der Waals surface area contributed by atoms with E-state index in [-0.39, 0.29) is 36.4 Å². The first-order chi connectivity index (χ1) is 12.7. The van der Waals surface area contributed by atoms with Gasteiger partial charge in [-0.1, -0.05) is 6.42 Å². The largest absolute Gasteiger partial charge is 0.467 e. The predicted octanol–water partition coefficient (Wildman–Crippen LogP) is 2.33. The van der Waals surface area contributed by atoms with E-state index in [1.165, 1.54) is 25.8 Å². The first kappa shape index (κ1) is 23.7. The van der Waals surface area contributed by atoms with Crippen LogP contribution in [-0.4, -0.2) is 55.5 Å². The fourth-order valence-electron chi connectivity index (χ4n) is 3.13. The highest BCUT2D eigenvalue weighted by molar-refractivity contribution is 14.0. The number of rotatable bonds is 9. The number of carbonyl (C=O) groups is 1. The molecule has 1 amide bonds. The number of hydrogen-bond donors (Lipinski definition) is 3. The Morgan fingerprint density at radius 1 is 1.33 bits per heavy atom. The van der Waals surface area contributed by atoms with Crippen LogP contribution in [0.5, 0.6) is 0 Å². The quantitative estimate of drug-likeness (QED) is 0.214. The number of guanidine groups is 1. The lowest BCUT2D eigenvalue weighted by molar-refractivity contribution is -0.119. The molecule has 3 N–H and O–H groups in total. The summed E-state index contributed by atoms with van der Waals surface area (Å²) in [7, 11) is 0. The van der Waals surface area contributed by atoms with Crippen LogP contribution < -0.4 is 16.0 Å². The lowest BCUT2D eigenvalue weighted by Crippen LogP contribution is -2.41. The Morgan fingerprint density at radius 3 is 2.89 bits per heavy atom. The van der Waals surface area contributed by atoms with Crippen molar-refractivity contribution in [2.24, 2.45) is 4.99 Å². The minimum Gasteiger partial charge on any atom is -0.467 e. The number of nitrogens with one attached hydrogen (secondary N) is 3. The van der Waals surface area contributed by atoms with Crippen LogP contribution in [0, 0.1) is 0 Å². The number of piperidine rings is 1. The van der Waals surface area contributed by atoms with Crippen LogP contribution in [0.3, 0.4) is 0 Å². The van der Waals surface area contributed by atoms with E-state index < -0.39 is 0 Å². The summed E-state index contributed by atoms with van der Waals surface area (Å²) in [4.78, 5) is 18.8. The molecular weight excluding hydrogens is 457 g/mol. The highest BCUT2D eigenvalue weighted by atomic mass is 127. The monoisotopic (exact) mass is 491 g/mol. The molecular formula is C19H34IN5O2. The van der Waals surface area contributed by atoms with Gasteiger partial charge in [0, 0.05) is 25.7 Å². The lowest BCUT2D eigenvalue weighted by atomic mass is 10.0. The van der Waals surface area contributed by atoms with E-state index in [0.717, 1.165) is 31.8 Å². The van der Waals surface area contributed by atoms with Gasteiger partial charge in [-0.25, -0.2) is 4.99 Å². The first-order valence-corrected chi connectivity index (χ1v) is 9.74. The van der Waals surface area contributed by atoms with Crippen molar-refractivity contribution in [1.82, 2.24) is 20.9 Å². The van der Waals surface area contributed by atoms with E-state index in [2.05, 4.69) is 32.8 Å². The molecule has 1 atom stereocenters. The summed E-state index contributed by atoms with van der Waals surface area (Å²) in [6.07, 6.45) is 6.64. The molecule has 1 unspecified atom stereocenters. The molecule has 1 aliphatic heterocycles. The zero-order valence-electron chi connectivity index (χ0n) is 16.5. The van der Waals surface area contributed by atoms with Crippen molar-refractivity contribution in [2.75, 3.05) is 32.7 Å². The van der Waals surface area contributed by atoms with Gasteiger partial charge in [-0.3, -0.25) is 4.79 Å². The minimum absolute atomic E-state index is 0. The summed E-state index contributed by atoms with van der Waals surface area (Å²) in [5.74, 6) is 1.30. The van der Waals surface area contributed by atoms with Crippen molar-refractivity contribution in [3.63, 3.8) is 0 Å². The van der Waals surface area contributed by atoms with Gasteiger partial charge in [0.05, 0.1) is 12.8 Å². The Bertz CT molecular complexity index is 550. The van der Waals surface area contributed by atoms with Crippen LogP contribution in [0.25, 0.3) is 0 Å². The summed E-state index contributed by atoms with van der Waals surface area (Å²) in [5.41, 5.74) is 0. The number of hydrogen-bond acceptors (Lipinski definition) is 4. The van der Waals surface area contributed by atoms with Crippen LogP contribution in [0.4, 0.5) is 0 Å². The Balaban J connectivity index is 0.00000364. The Labute approximate surface area is 179 Å². The smallest absolute Gasteiger partial charge is 0.242 e. The Hall–Kier alpha value is -1.29. The number of amides is 1. The second kappa shape index (κ2) is 13.8. The second-order valence-electron chi connectivity index (χ2n) is 6.71. The molecule has 0 bridgehead atoms. The molecule has 8 heteroatoms. The van der Waals surface area contributed by atoms with E-state index in [9.17, 15) is 4.79 Å². The van der Waals surface area contributed by atoms with Crippen molar-refractivity contribution in [3.8, 4) is 0 Å². The number of nitrogens with zero attached hydrogens (tertiary/aromatic N) is 2. The van der Waals surface area contributed by atoms with Crippen molar-refractivity contribution in [3.05, 3.63) is 24.2 Å². The standard InChI is InChI=1S/C19H33N5O2.HI/c1-3-20-19(21-10-7-12-24-11-5-4-8-16(24)2)23-15-18(25)22-14-17-9-6-13-26-17;/h6,9,13,16H,3-5,7-8,10-12,14-15H2,1-2H3,(H,22,25)(H2,20,21,23);1H. The average molecular weight is 491 g/mol. The number of carbonyl (C=O) groups excluding carboxylic acids is 1. The van der Waals surface area contributed by atoms with E-state index in [1.807, 2.05) is 13.0 Å². The van der Waals surface area contributed by atoms with Gasteiger partial charge in [-0.2, -0.15) is 0 Å². The zero-order chi connectivity index (χ0) is 18.6. The van der Waals surface area contributed by atoms with Crippen molar-refractivity contribution >= 4 is 35.8 Å². The fourth-order valence-corrected chi connectivity index (χ4v) is 3.13. The Morgan fingerprint density at radius 2 is 2.19 bits per heavy atom. The highest BCUT2D eigenvalue weighted by Gasteiger charge is 2.17. The van der Waals surface area contributed by atoms with Crippen molar-refractivity contribution in [2.45, 2.75) is 52.1 Å². The topological polar surface area (TPSA) is 81.9 Å². The molecule has 0 spiro atoms. The van der Waals surface area contributed by atoms with Gasteiger partial charge in [0.2, 0.25) is 5.91 Å². The highest BCUT2D eigenvalue weighted by Crippen LogP contribution is 2.15. The maximum Gasteiger partial charge on any atom is 0.242 e. The van der Waals surface area contributed by atoms with Gasteiger partial charge >= 0.3 is 0 Å². The second-order valence-corrected chi connectivity index (χ2v) is 6.71. The number of halogens is 1. The third-order valence-corrected chi connectivity index (χ3v) is 4.62. The zero-order valence-corrected chi connectivity index (χ0v) is 18.8. The van der Waals surface area contributed by atoms with Crippen molar-refractivity contribution < 1.29 is 9.21 Å². The van der Waals surface area contributed by atoms with Crippen LogP contribution in [0.1, 0.15) is 45.3 Å². The van der Waals surface area contributed by atoms with E-state index in [0.29, 0.717) is 18.5 Å². The summed E-state index contributed by atoms with van der Waals surface area (Å²) in [5, 5.41) is 9.29. The molecule has 1 fully saturated rings. The summed E-state index contributed by atoms with van der Waals surface area (Å²) < 4.78 is 5.19. The molecule has 0 saturated carbocycles. The van der Waals surface area contributed by atoms with E-state index in [1.54, 1.807) is 12.3 Å². The molecule has 2 rings (SSSR count). The van der Waals surface area contributed by atoms with Crippen LogP contribution >= 0.6 is 24.0 Å². The molecule has 27 heavy (non-hydrogen) atoms. The van der Waals surface area contributed by atoms with E-state index in [4.69, 9.17) is 4.42 Å². The van der Waals surface area contributed by atoms with Crippen LogP contribution in [0.2, 0.25) is 0 Å². The fraction of sp³-hybridized carbons (Fsp3) is 0.684. The Kier molecular flexibility index (Phi) is 12.2. The molecule has 2 heterocycles. The summed E-state index contributed by atoms with van der Waals surface area (Å²) in [6, 6.07) is 4.33. The van der Waals surface area contributed by atoms with Crippen molar-refractivity contribution in [1.29, 1.82) is 0 Å². The molecule has 0 aliphatic carbocycles. The van der Waals surface area contributed by atoms with Crippen LogP contribution in [-0.2, 0) is 11.3 Å². The lowest BCUT2D eigenvalue weighted by Gasteiger charge is -2.33. The predicted molar refractivity (Wildman–Crippen MR) is 119 cm³/mol. The molecule has 154 valence electrons. The maximum absolute atomic E-state index is 11.9. The first-order valence-electron chi connectivity index (χ1n) is 9.74.